The van der Waals surface area contributed by atoms with E-state index in [1.807, 2.05) is 18.2 Å². The molecule has 3 aromatic heterocycles. The monoisotopic (exact) mass is 663 g/mol. The Bertz CT molecular complexity index is 1740. The van der Waals surface area contributed by atoms with Crippen LogP contribution in [0, 0.1) is 0 Å². The SMILES string of the molecule is O=C(O)C(F)(F)F.O=c1[nH]nc(C2(Cc3cccc(Nc4cc[nH]n4)n3)CCN(S(=O)(=O)c3cccc(Cl)c3Cl)CC2)o1. The summed E-state index contributed by atoms with van der Waals surface area (Å²) in [6.45, 7) is 0.319. The highest BCUT2D eigenvalue weighted by Gasteiger charge is 2.44. The molecule has 1 aliphatic rings. The van der Waals surface area contributed by atoms with Crippen molar-refractivity contribution in [1.29, 1.82) is 0 Å². The molecule has 43 heavy (non-hydrogen) atoms. The third-order valence-corrected chi connectivity index (χ3v) is 9.30. The number of carbonyl (C=O) groups is 1. The van der Waals surface area contributed by atoms with Gasteiger partial charge in [0.25, 0.3) is 0 Å². The maximum absolute atomic E-state index is 13.3. The molecule has 0 atom stereocenters. The lowest BCUT2D eigenvalue weighted by Crippen LogP contribution is -2.46. The van der Waals surface area contributed by atoms with Gasteiger partial charge in [0.15, 0.2) is 5.82 Å². The zero-order valence-electron chi connectivity index (χ0n) is 21.7. The molecule has 1 aromatic carbocycles. The minimum absolute atomic E-state index is 0.0141. The van der Waals surface area contributed by atoms with E-state index in [4.69, 9.17) is 37.5 Å². The van der Waals surface area contributed by atoms with Gasteiger partial charge in [0.05, 0.1) is 15.5 Å². The molecule has 1 fully saturated rings. The van der Waals surface area contributed by atoms with Crippen molar-refractivity contribution in [2.75, 3.05) is 18.4 Å². The predicted molar refractivity (Wildman–Crippen MR) is 147 cm³/mol. The Morgan fingerprint density at radius 3 is 2.35 bits per heavy atom. The molecule has 0 bridgehead atoms. The second-order valence-corrected chi connectivity index (χ2v) is 11.9. The lowest BCUT2D eigenvalue weighted by molar-refractivity contribution is -0.192. The fourth-order valence-corrected chi connectivity index (χ4v) is 6.53. The second kappa shape index (κ2) is 12.7. The predicted octanol–water partition coefficient (Wildman–Crippen LogP) is 4.13. The Morgan fingerprint density at radius 1 is 1.09 bits per heavy atom. The minimum Gasteiger partial charge on any atom is -0.475 e. The molecule has 0 saturated carbocycles. The van der Waals surface area contributed by atoms with Crippen LogP contribution in [0.4, 0.5) is 24.8 Å². The summed E-state index contributed by atoms with van der Waals surface area (Å²) < 4.78 is 65.1. The minimum atomic E-state index is -5.08. The number of benzene rings is 1. The topological polar surface area (TPSA) is 187 Å². The second-order valence-electron chi connectivity index (χ2n) is 9.23. The zero-order chi connectivity index (χ0) is 31.4. The summed E-state index contributed by atoms with van der Waals surface area (Å²) >= 11 is 12.2. The first-order valence-electron chi connectivity index (χ1n) is 12.2. The molecule has 0 amide bonds. The van der Waals surface area contributed by atoms with Crippen molar-refractivity contribution >= 4 is 50.8 Å². The number of piperidine rings is 1. The van der Waals surface area contributed by atoms with Gasteiger partial charge in [0.2, 0.25) is 15.9 Å². The first-order valence-corrected chi connectivity index (χ1v) is 14.4. The van der Waals surface area contributed by atoms with Crippen molar-refractivity contribution in [2.45, 2.75) is 35.7 Å². The van der Waals surface area contributed by atoms with E-state index in [1.54, 1.807) is 18.3 Å². The average molecular weight is 664 g/mol. The van der Waals surface area contributed by atoms with Gasteiger partial charge in [0.1, 0.15) is 10.7 Å². The molecule has 0 unspecified atom stereocenters. The normalized spacial score (nSPS) is 15.4. The van der Waals surface area contributed by atoms with E-state index >= 15 is 0 Å². The fraction of sp³-hybridized carbons (Fsp3) is 0.292. The highest BCUT2D eigenvalue weighted by Crippen LogP contribution is 2.40. The maximum Gasteiger partial charge on any atom is 0.490 e. The molecule has 19 heteroatoms. The number of nitrogens with zero attached hydrogens (tertiary/aromatic N) is 4. The number of aliphatic carboxylic acids is 1. The number of hydrogen-bond acceptors (Lipinski definition) is 9. The number of alkyl halides is 3. The van der Waals surface area contributed by atoms with Crippen LogP contribution >= 0.6 is 23.2 Å². The molecular weight excluding hydrogens is 642 g/mol. The van der Waals surface area contributed by atoms with Crippen molar-refractivity contribution in [1.82, 2.24) is 29.7 Å². The number of aromatic nitrogens is 5. The van der Waals surface area contributed by atoms with Gasteiger partial charge in [-0.15, -0.1) is 5.10 Å². The van der Waals surface area contributed by atoms with Gasteiger partial charge >= 0.3 is 17.9 Å². The molecule has 4 N–H and O–H groups in total. The van der Waals surface area contributed by atoms with Crippen LogP contribution in [0.2, 0.25) is 10.0 Å². The summed E-state index contributed by atoms with van der Waals surface area (Å²) in [5.41, 5.74) is -0.0308. The summed E-state index contributed by atoms with van der Waals surface area (Å²) in [6.07, 6.45) is -2.32. The molecule has 5 rings (SSSR count). The zero-order valence-corrected chi connectivity index (χ0v) is 24.1. The molecule has 0 radical (unpaired) electrons. The number of halogens is 5. The molecule has 1 saturated heterocycles. The number of carboxylic acid groups (broad SMARTS) is 1. The van der Waals surface area contributed by atoms with Crippen LogP contribution in [-0.4, -0.2) is 68.4 Å². The first-order chi connectivity index (χ1) is 20.2. The Labute approximate surface area is 251 Å². The standard InChI is InChI=1S/C22H21Cl2N7O4S.C2HF3O2/c23-15-4-2-5-16(19(15)24)36(33,34)31-11-8-22(9-12-31,20-29-30-21(32)35-20)13-14-3-1-6-17(26-14)27-18-7-10-25-28-18;3-2(4,5)1(6)7/h1-7,10H,8-9,11-13H2,(H,30,32)(H2,25,26,27,28);(H,6,7). The van der Waals surface area contributed by atoms with E-state index < -0.39 is 33.3 Å². The van der Waals surface area contributed by atoms with Gasteiger partial charge in [-0.3, -0.25) is 5.10 Å². The van der Waals surface area contributed by atoms with Crippen LogP contribution in [0.1, 0.15) is 24.4 Å². The average Bonchev–Trinajstić information content (AvgIpc) is 3.62. The molecule has 230 valence electrons. The van der Waals surface area contributed by atoms with E-state index in [1.165, 1.54) is 16.4 Å². The number of hydrogen-bond donors (Lipinski definition) is 4. The third kappa shape index (κ3) is 7.54. The number of pyridine rings is 1. The number of aromatic amines is 2. The van der Waals surface area contributed by atoms with Crippen LogP contribution in [0.15, 0.2) is 62.8 Å². The van der Waals surface area contributed by atoms with Gasteiger partial charge in [-0.25, -0.2) is 28.1 Å². The lowest BCUT2D eigenvalue weighted by atomic mass is 9.75. The third-order valence-electron chi connectivity index (χ3n) is 6.43. The van der Waals surface area contributed by atoms with Crippen molar-refractivity contribution in [3.63, 3.8) is 0 Å². The van der Waals surface area contributed by atoms with Gasteiger partial charge in [-0.2, -0.15) is 22.6 Å². The number of sulfonamides is 1. The number of rotatable bonds is 7. The van der Waals surface area contributed by atoms with Crippen LogP contribution < -0.4 is 11.1 Å². The van der Waals surface area contributed by atoms with Gasteiger partial charge < -0.3 is 14.8 Å². The summed E-state index contributed by atoms with van der Waals surface area (Å²) in [4.78, 5) is 25.3. The summed E-state index contributed by atoms with van der Waals surface area (Å²) in [5.74, 6) is -2.00. The Morgan fingerprint density at radius 2 is 1.77 bits per heavy atom. The largest absolute Gasteiger partial charge is 0.490 e. The summed E-state index contributed by atoms with van der Waals surface area (Å²) in [7, 11) is -3.89. The Balaban J connectivity index is 0.000000541. The number of anilines is 2. The Kier molecular flexibility index (Phi) is 9.48. The molecule has 1 aliphatic heterocycles. The van der Waals surface area contributed by atoms with Crippen LogP contribution in [-0.2, 0) is 26.7 Å². The summed E-state index contributed by atoms with van der Waals surface area (Å²) in [5, 5.41) is 23.6. The number of carboxylic acids is 1. The number of H-pyrrole nitrogens is 2. The van der Waals surface area contributed by atoms with Gasteiger partial charge in [0, 0.05) is 37.5 Å². The lowest BCUT2D eigenvalue weighted by Gasteiger charge is -2.38. The van der Waals surface area contributed by atoms with Gasteiger partial charge in [-0.05, 0) is 37.1 Å². The van der Waals surface area contributed by atoms with Crippen molar-refractivity contribution in [2.24, 2.45) is 0 Å². The van der Waals surface area contributed by atoms with Crippen molar-refractivity contribution in [3.05, 3.63) is 80.8 Å². The van der Waals surface area contributed by atoms with Crippen molar-refractivity contribution in [3.8, 4) is 0 Å². The highest BCUT2D eigenvalue weighted by molar-refractivity contribution is 7.89. The quantitative estimate of drug-likeness (QED) is 0.224. The molecule has 4 heterocycles. The van der Waals surface area contributed by atoms with Gasteiger partial charge in [-0.1, -0.05) is 35.3 Å². The first kappa shape index (κ1) is 32.0. The molecule has 4 aromatic rings. The smallest absolute Gasteiger partial charge is 0.475 e. The number of nitrogens with one attached hydrogen (secondary N) is 3. The maximum atomic E-state index is 13.3. The molecule has 13 nitrogen and oxygen atoms in total. The van der Waals surface area contributed by atoms with E-state index in [0.29, 0.717) is 30.9 Å². The van der Waals surface area contributed by atoms with E-state index in [0.717, 1.165) is 5.69 Å². The summed E-state index contributed by atoms with van der Waals surface area (Å²) in [6, 6.07) is 11.8. The van der Waals surface area contributed by atoms with Crippen LogP contribution in [0.3, 0.4) is 0 Å². The highest BCUT2D eigenvalue weighted by atomic mass is 35.5. The van der Waals surface area contributed by atoms with Crippen LogP contribution in [0.5, 0.6) is 0 Å². The molecule has 0 aliphatic carbocycles. The van der Waals surface area contributed by atoms with Crippen molar-refractivity contribution < 1.29 is 35.9 Å². The molecule has 0 spiro atoms. The van der Waals surface area contributed by atoms with E-state index in [-0.39, 0.29) is 33.9 Å². The van der Waals surface area contributed by atoms with E-state index in [2.05, 4.69) is 30.7 Å². The Hall–Kier alpha value is -3.93. The molecular formula is C24H22Cl2F3N7O6S. The fourth-order valence-electron chi connectivity index (χ4n) is 4.36. The van der Waals surface area contributed by atoms with E-state index in [9.17, 15) is 26.4 Å². The van der Waals surface area contributed by atoms with Crippen LogP contribution in [0.25, 0.3) is 0 Å².